The minimum absolute atomic E-state index is 0.370. The first-order valence-corrected chi connectivity index (χ1v) is 8.34. The van der Waals surface area contributed by atoms with Crippen molar-refractivity contribution in [3.8, 4) is 0 Å². The van der Waals surface area contributed by atoms with Gasteiger partial charge in [-0.05, 0) is 51.5 Å². The average Bonchev–Trinajstić information content (AvgIpc) is 2.90. The van der Waals surface area contributed by atoms with Gasteiger partial charge in [0.15, 0.2) is 5.65 Å². The minimum Gasteiger partial charge on any atom is -0.309 e. The van der Waals surface area contributed by atoms with Gasteiger partial charge < -0.3 is 9.47 Å². The lowest BCUT2D eigenvalue weighted by Crippen LogP contribution is -2.24. The first-order valence-electron chi connectivity index (χ1n) is 7.81. The predicted molar refractivity (Wildman–Crippen MR) is 88.8 cm³/mol. The molecule has 0 aromatic carbocycles. The summed E-state index contributed by atoms with van der Waals surface area (Å²) in [5.41, 5.74) is 1.88. The fraction of sp³-hybridized carbons (Fsp3) is 0.625. The molecular formula is C16H25ClN4. The molecule has 4 nitrogen and oxygen atoms in total. The minimum atomic E-state index is 0.370. The van der Waals surface area contributed by atoms with E-state index in [1.54, 1.807) is 0 Å². The number of nitrogens with zero attached hydrogens (tertiary/aromatic N) is 4. The second-order valence-corrected chi connectivity index (χ2v) is 5.66. The second kappa shape index (κ2) is 7.76. The molecule has 0 aliphatic rings. The van der Waals surface area contributed by atoms with Crippen LogP contribution in [-0.2, 0) is 5.88 Å². The monoisotopic (exact) mass is 308 g/mol. The van der Waals surface area contributed by atoms with E-state index >= 15 is 0 Å². The number of pyridine rings is 1. The van der Waals surface area contributed by atoms with Crippen molar-refractivity contribution in [3.63, 3.8) is 0 Å². The topological polar surface area (TPSA) is 34.0 Å². The lowest BCUT2D eigenvalue weighted by molar-refractivity contribution is 0.288. The number of hydrogen-bond acceptors (Lipinski definition) is 3. The Balaban J connectivity index is 2.09. The third kappa shape index (κ3) is 3.74. The normalized spacial score (nSPS) is 13.2. The molecule has 0 spiro atoms. The number of halogens is 1. The Morgan fingerprint density at radius 2 is 2.10 bits per heavy atom. The van der Waals surface area contributed by atoms with Gasteiger partial charge in [0.05, 0.1) is 5.88 Å². The molecule has 0 radical (unpaired) electrons. The van der Waals surface area contributed by atoms with Crippen LogP contribution in [0.4, 0.5) is 0 Å². The first-order chi connectivity index (χ1) is 10.2. The molecule has 0 saturated heterocycles. The van der Waals surface area contributed by atoms with E-state index in [1.165, 1.54) is 6.42 Å². The summed E-state index contributed by atoms with van der Waals surface area (Å²) in [6.45, 7) is 10.0. The Hall–Kier alpha value is -1.13. The van der Waals surface area contributed by atoms with Gasteiger partial charge in [-0.3, -0.25) is 0 Å². The quantitative estimate of drug-likeness (QED) is 0.695. The highest BCUT2D eigenvalue weighted by molar-refractivity contribution is 6.16. The van der Waals surface area contributed by atoms with Crippen LogP contribution in [0.5, 0.6) is 0 Å². The summed E-state index contributed by atoms with van der Waals surface area (Å²) in [6.07, 6.45) is 4.11. The fourth-order valence-corrected chi connectivity index (χ4v) is 3.00. The number of imidazole rings is 1. The van der Waals surface area contributed by atoms with E-state index in [0.717, 1.165) is 43.0 Å². The second-order valence-electron chi connectivity index (χ2n) is 5.40. The Labute approximate surface area is 132 Å². The van der Waals surface area contributed by atoms with Crippen molar-refractivity contribution in [2.24, 2.45) is 0 Å². The SMILES string of the molecule is CCN(CC)CCCC(C)n1c(CCl)nc2cccnc21. The summed E-state index contributed by atoms with van der Waals surface area (Å²) in [5, 5.41) is 0. The maximum Gasteiger partial charge on any atom is 0.160 e. The third-order valence-electron chi connectivity index (χ3n) is 4.07. The standard InChI is InChI=1S/C16H25ClN4/c1-4-20(5-2)11-7-8-13(3)21-15(12-17)19-14-9-6-10-18-16(14)21/h6,9-10,13H,4-5,7-8,11-12H2,1-3H3. The van der Waals surface area contributed by atoms with Gasteiger partial charge in [0.2, 0.25) is 0 Å². The molecule has 0 aliphatic heterocycles. The third-order valence-corrected chi connectivity index (χ3v) is 4.31. The van der Waals surface area contributed by atoms with Crippen LogP contribution in [0.15, 0.2) is 18.3 Å². The van der Waals surface area contributed by atoms with E-state index in [1.807, 2.05) is 18.3 Å². The van der Waals surface area contributed by atoms with Gasteiger partial charge in [-0.1, -0.05) is 13.8 Å². The highest BCUT2D eigenvalue weighted by Gasteiger charge is 2.16. The summed E-state index contributed by atoms with van der Waals surface area (Å²) in [4.78, 5) is 11.5. The van der Waals surface area contributed by atoms with Crippen LogP contribution >= 0.6 is 11.6 Å². The van der Waals surface area contributed by atoms with Gasteiger partial charge in [-0.15, -0.1) is 11.6 Å². The Bertz CT molecular complexity index is 562. The van der Waals surface area contributed by atoms with Crippen LogP contribution in [0, 0.1) is 0 Å². The van der Waals surface area contributed by atoms with Crippen molar-refractivity contribution in [2.45, 2.75) is 45.5 Å². The molecule has 2 rings (SSSR count). The highest BCUT2D eigenvalue weighted by atomic mass is 35.5. The molecule has 0 aliphatic carbocycles. The van der Waals surface area contributed by atoms with Crippen molar-refractivity contribution in [2.75, 3.05) is 19.6 Å². The van der Waals surface area contributed by atoms with E-state index in [0.29, 0.717) is 11.9 Å². The molecule has 2 aromatic heterocycles. The molecule has 0 N–H and O–H groups in total. The van der Waals surface area contributed by atoms with Gasteiger partial charge >= 0.3 is 0 Å². The maximum absolute atomic E-state index is 6.06. The molecule has 0 bridgehead atoms. The van der Waals surface area contributed by atoms with E-state index in [9.17, 15) is 0 Å². The van der Waals surface area contributed by atoms with Crippen LogP contribution in [-0.4, -0.2) is 39.1 Å². The van der Waals surface area contributed by atoms with Crippen molar-refractivity contribution >= 4 is 22.8 Å². The lowest BCUT2D eigenvalue weighted by atomic mass is 10.1. The van der Waals surface area contributed by atoms with Crippen molar-refractivity contribution in [3.05, 3.63) is 24.2 Å². The molecule has 0 saturated carbocycles. The molecular weight excluding hydrogens is 284 g/mol. The van der Waals surface area contributed by atoms with E-state index in [4.69, 9.17) is 11.6 Å². The number of rotatable bonds is 8. The van der Waals surface area contributed by atoms with Gasteiger partial charge in [0.25, 0.3) is 0 Å². The zero-order valence-corrected chi connectivity index (χ0v) is 14.0. The van der Waals surface area contributed by atoms with Crippen molar-refractivity contribution in [1.82, 2.24) is 19.4 Å². The zero-order valence-electron chi connectivity index (χ0n) is 13.2. The largest absolute Gasteiger partial charge is 0.309 e. The van der Waals surface area contributed by atoms with Crippen LogP contribution in [0.2, 0.25) is 0 Å². The number of alkyl halides is 1. The van der Waals surface area contributed by atoms with Gasteiger partial charge in [-0.25, -0.2) is 9.97 Å². The molecule has 21 heavy (non-hydrogen) atoms. The number of aromatic nitrogens is 3. The summed E-state index contributed by atoms with van der Waals surface area (Å²) < 4.78 is 2.20. The Morgan fingerprint density at radius 1 is 1.33 bits per heavy atom. The summed E-state index contributed by atoms with van der Waals surface area (Å²) in [7, 11) is 0. The van der Waals surface area contributed by atoms with Gasteiger partial charge in [0.1, 0.15) is 11.3 Å². The zero-order chi connectivity index (χ0) is 15.2. The molecule has 116 valence electrons. The van der Waals surface area contributed by atoms with Crippen LogP contribution in [0.25, 0.3) is 11.2 Å². The number of hydrogen-bond donors (Lipinski definition) is 0. The molecule has 1 atom stereocenters. The fourth-order valence-electron chi connectivity index (χ4n) is 2.81. The molecule has 0 fully saturated rings. The summed E-state index contributed by atoms with van der Waals surface area (Å²) in [5.74, 6) is 1.34. The first kappa shape index (κ1) is 16.2. The molecule has 0 amide bonds. The van der Waals surface area contributed by atoms with Crippen molar-refractivity contribution in [1.29, 1.82) is 0 Å². The number of fused-ring (bicyclic) bond motifs is 1. The molecule has 2 aromatic rings. The van der Waals surface area contributed by atoms with Gasteiger partial charge in [0, 0.05) is 12.2 Å². The maximum atomic E-state index is 6.06. The summed E-state index contributed by atoms with van der Waals surface area (Å²) in [6, 6.07) is 4.29. The van der Waals surface area contributed by atoms with E-state index in [2.05, 4.69) is 40.2 Å². The Kier molecular flexibility index (Phi) is 6.00. The Morgan fingerprint density at radius 3 is 2.76 bits per heavy atom. The van der Waals surface area contributed by atoms with Crippen LogP contribution < -0.4 is 0 Å². The van der Waals surface area contributed by atoms with Gasteiger partial charge in [-0.2, -0.15) is 0 Å². The lowest BCUT2D eigenvalue weighted by Gasteiger charge is -2.20. The molecule has 2 heterocycles. The smallest absolute Gasteiger partial charge is 0.160 e. The van der Waals surface area contributed by atoms with Crippen LogP contribution in [0.3, 0.4) is 0 Å². The predicted octanol–water partition coefficient (Wildman–Crippen LogP) is 3.85. The van der Waals surface area contributed by atoms with E-state index < -0.39 is 0 Å². The molecule has 5 heteroatoms. The molecule has 1 unspecified atom stereocenters. The highest BCUT2D eigenvalue weighted by Crippen LogP contribution is 2.23. The summed E-state index contributed by atoms with van der Waals surface area (Å²) >= 11 is 6.06. The van der Waals surface area contributed by atoms with E-state index in [-0.39, 0.29) is 0 Å². The van der Waals surface area contributed by atoms with Crippen LogP contribution in [0.1, 0.15) is 45.5 Å². The average molecular weight is 309 g/mol. The van der Waals surface area contributed by atoms with Crippen molar-refractivity contribution < 1.29 is 0 Å².